The summed E-state index contributed by atoms with van der Waals surface area (Å²) in [5.41, 5.74) is 0.481. The van der Waals surface area contributed by atoms with Gasteiger partial charge in [-0.2, -0.15) is 0 Å². The highest BCUT2D eigenvalue weighted by Gasteiger charge is 2.12. The average molecular weight is 193 g/mol. The van der Waals surface area contributed by atoms with E-state index in [0.717, 1.165) is 5.57 Å². The summed E-state index contributed by atoms with van der Waals surface area (Å²) in [6.07, 6.45) is 7.63. The molecule has 0 rings (SSSR count). The zero-order chi connectivity index (χ0) is 11.2. The van der Waals surface area contributed by atoms with Gasteiger partial charge in [-0.05, 0) is 33.3 Å². The first-order valence-corrected chi connectivity index (χ1v) is 4.82. The fourth-order valence-corrected chi connectivity index (χ4v) is 0.898. The minimum Gasteiger partial charge on any atom is -0.301 e. The Morgan fingerprint density at radius 1 is 1.57 bits per heavy atom. The normalized spacial score (nSPS) is 12.4. The smallest absolute Gasteiger partial charge is 0.159 e. The number of carbonyl (C=O) groups is 1. The van der Waals surface area contributed by atoms with Crippen molar-refractivity contribution < 1.29 is 4.79 Å². The lowest BCUT2D eigenvalue weighted by Crippen LogP contribution is -2.38. The SMILES string of the molecule is C#CC(C)(C)NCCC(=O)/C(C)=C\C. The van der Waals surface area contributed by atoms with Gasteiger partial charge in [-0.1, -0.05) is 12.0 Å². The molecule has 0 saturated heterocycles. The average Bonchev–Trinajstić information content (AvgIpc) is 2.16. The molecule has 0 saturated carbocycles. The molecule has 0 spiro atoms. The number of hydrogen-bond acceptors (Lipinski definition) is 2. The third kappa shape index (κ3) is 4.84. The molecule has 0 bridgehead atoms. The molecule has 0 aliphatic rings. The van der Waals surface area contributed by atoms with E-state index in [1.54, 1.807) is 0 Å². The molecule has 0 aromatic rings. The third-order valence-corrected chi connectivity index (χ3v) is 2.15. The van der Waals surface area contributed by atoms with Crippen molar-refractivity contribution in [2.75, 3.05) is 6.54 Å². The molecule has 0 unspecified atom stereocenters. The number of terminal acetylenes is 1. The van der Waals surface area contributed by atoms with Gasteiger partial charge in [0.05, 0.1) is 5.54 Å². The molecule has 0 aliphatic heterocycles. The van der Waals surface area contributed by atoms with Crippen molar-refractivity contribution in [3.05, 3.63) is 11.6 Å². The van der Waals surface area contributed by atoms with Crippen LogP contribution in [0.5, 0.6) is 0 Å². The Morgan fingerprint density at radius 3 is 2.57 bits per heavy atom. The van der Waals surface area contributed by atoms with Crippen LogP contribution in [0.4, 0.5) is 0 Å². The maximum absolute atomic E-state index is 11.4. The largest absolute Gasteiger partial charge is 0.301 e. The highest BCUT2D eigenvalue weighted by molar-refractivity contribution is 5.94. The van der Waals surface area contributed by atoms with E-state index in [1.165, 1.54) is 0 Å². The molecule has 0 atom stereocenters. The number of carbonyl (C=O) groups excluding carboxylic acids is 1. The molecule has 0 aliphatic carbocycles. The maximum Gasteiger partial charge on any atom is 0.159 e. The predicted molar refractivity (Wildman–Crippen MR) is 60.0 cm³/mol. The topological polar surface area (TPSA) is 29.1 Å². The minimum atomic E-state index is -0.329. The summed E-state index contributed by atoms with van der Waals surface area (Å²) in [6, 6.07) is 0. The first-order chi connectivity index (χ1) is 6.43. The molecule has 0 radical (unpaired) electrons. The first-order valence-electron chi connectivity index (χ1n) is 4.82. The van der Waals surface area contributed by atoms with Gasteiger partial charge in [-0.15, -0.1) is 6.42 Å². The zero-order valence-electron chi connectivity index (χ0n) is 9.48. The summed E-state index contributed by atoms with van der Waals surface area (Å²) in [7, 11) is 0. The van der Waals surface area contributed by atoms with Crippen LogP contribution in [0.15, 0.2) is 11.6 Å². The highest BCUT2D eigenvalue weighted by atomic mass is 16.1. The number of Topliss-reactive ketones (excluding diaryl/α,β-unsaturated/α-hetero) is 1. The Labute approximate surface area is 86.8 Å². The van der Waals surface area contributed by atoms with Crippen LogP contribution in [0.3, 0.4) is 0 Å². The van der Waals surface area contributed by atoms with E-state index in [-0.39, 0.29) is 11.3 Å². The van der Waals surface area contributed by atoms with Crippen LogP contribution in [-0.4, -0.2) is 17.9 Å². The van der Waals surface area contributed by atoms with E-state index in [4.69, 9.17) is 6.42 Å². The summed E-state index contributed by atoms with van der Waals surface area (Å²) in [5, 5.41) is 3.13. The van der Waals surface area contributed by atoms with Gasteiger partial charge < -0.3 is 5.32 Å². The fraction of sp³-hybridized carbons (Fsp3) is 0.583. The van der Waals surface area contributed by atoms with Gasteiger partial charge in [0.2, 0.25) is 0 Å². The maximum atomic E-state index is 11.4. The molecule has 14 heavy (non-hydrogen) atoms. The second-order valence-corrected chi connectivity index (χ2v) is 3.84. The first kappa shape index (κ1) is 12.9. The fourth-order valence-electron chi connectivity index (χ4n) is 0.898. The van der Waals surface area contributed by atoms with E-state index >= 15 is 0 Å². The standard InChI is InChI=1S/C12H19NO/c1-6-10(3)11(14)8-9-13-12(4,5)7-2/h2,6,13H,8-9H2,1,3-5H3/b10-6-. The third-order valence-electron chi connectivity index (χ3n) is 2.15. The monoisotopic (exact) mass is 193 g/mol. The van der Waals surface area contributed by atoms with Crippen LogP contribution in [0.2, 0.25) is 0 Å². The van der Waals surface area contributed by atoms with E-state index in [9.17, 15) is 4.79 Å². The van der Waals surface area contributed by atoms with Gasteiger partial charge in [0.1, 0.15) is 0 Å². The summed E-state index contributed by atoms with van der Waals surface area (Å²) in [4.78, 5) is 11.4. The van der Waals surface area contributed by atoms with Gasteiger partial charge in [0, 0.05) is 13.0 Å². The van der Waals surface area contributed by atoms with Crippen molar-refractivity contribution in [1.82, 2.24) is 5.32 Å². The number of ketones is 1. The lowest BCUT2D eigenvalue weighted by atomic mass is 10.1. The summed E-state index contributed by atoms with van der Waals surface area (Å²) in [5.74, 6) is 2.80. The second-order valence-electron chi connectivity index (χ2n) is 3.84. The Balaban J connectivity index is 3.89. The molecule has 0 amide bonds. The molecule has 78 valence electrons. The summed E-state index contributed by atoms with van der Waals surface area (Å²) < 4.78 is 0. The van der Waals surface area contributed by atoms with Crippen LogP contribution in [0, 0.1) is 12.3 Å². The Hall–Kier alpha value is -1.07. The van der Waals surface area contributed by atoms with Crippen LogP contribution < -0.4 is 5.32 Å². The lowest BCUT2D eigenvalue weighted by molar-refractivity contribution is -0.115. The van der Waals surface area contributed by atoms with Crippen molar-refractivity contribution in [2.45, 2.75) is 39.7 Å². The van der Waals surface area contributed by atoms with Gasteiger partial charge in [-0.3, -0.25) is 4.79 Å². The van der Waals surface area contributed by atoms with E-state index < -0.39 is 0 Å². The van der Waals surface area contributed by atoms with Crippen molar-refractivity contribution in [1.29, 1.82) is 0 Å². The van der Waals surface area contributed by atoms with Crippen molar-refractivity contribution in [2.24, 2.45) is 0 Å². The molecule has 0 aromatic carbocycles. The summed E-state index contributed by atoms with van der Waals surface area (Å²) >= 11 is 0. The molecule has 1 N–H and O–H groups in total. The van der Waals surface area contributed by atoms with Crippen LogP contribution >= 0.6 is 0 Å². The number of allylic oxidation sites excluding steroid dienone is 2. The Morgan fingerprint density at radius 2 is 2.14 bits per heavy atom. The van der Waals surface area contributed by atoms with Crippen LogP contribution in [-0.2, 0) is 4.79 Å². The molecule has 2 heteroatoms. The Bertz CT molecular complexity index is 269. The molecular formula is C12H19NO. The lowest BCUT2D eigenvalue weighted by Gasteiger charge is -2.19. The quantitative estimate of drug-likeness (QED) is 0.534. The molecule has 0 fully saturated rings. The zero-order valence-corrected chi connectivity index (χ0v) is 9.48. The second kappa shape index (κ2) is 5.62. The summed E-state index contributed by atoms with van der Waals surface area (Å²) in [6.45, 7) is 8.15. The van der Waals surface area contributed by atoms with Crippen molar-refractivity contribution in [3.63, 3.8) is 0 Å². The van der Waals surface area contributed by atoms with Gasteiger partial charge >= 0.3 is 0 Å². The number of rotatable bonds is 5. The van der Waals surface area contributed by atoms with Crippen LogP contribution in [0.1, 0.15) is 34.1 Å². The van der Waals surface area contributed by atoms with E-state index in [1.807, 2.05) is 33.8 Å². The van der Waals surface area contributed by atoms with Crippen LogP contribution in [0.25, 0.3) is 0 Å². The molecule has 2 nitrogen and oxygen atoms in total. The highest BCUT2D eigenvalue weighted by Crippen LogP contribution is 2.01. The predicted octanol–water partition coefficient (Wildman–Crippen LogP) is 1.91. The van der Waals surface area contributed by atoms with Gasteiger partial charge in [0.15, 0.2) is 5.78 Å². The minimum absolute atomic E-state index is 0.174. The van der Waals surface area contributed by atoms with E-state index in [2.05, 4.69) is 11.2 Å². The molecular weight excluding hydrogens is 174 g/mol. The van der Waals surface area contributed by atoms with E-state index in [0.29, 0.717) is 13.0 Å². The van der Waals surface area contributed by atoms with Gasteiger partial charge in [-0.25, -0.2) is 0 Å². The molecule has 0 aromatic heterocycles. The molecule has 0 heterocycles. The Kier molecular flexibility index (Phi) is 5.19. The number of nitrogens with one attached hydrogen (secondary N) is 1. The van der Waals surface area contributed by atoms with Crippen molar-refractivity contribution in [3.8, 4) is 12.3 Å². The number of hydrogen-bond donors (Lipinski definition) is 1. The van der Waals surface area contributed by atoms with Crippen molar-refractivity contribution >= 4 is 5.78 Å². The van der Waals surface area contributed by atoms with Gasteiger partial charge in [0.25, 0.3) is 0 Å².